The van der Waals surface area contributed by atoms with Gasteiger partial charge in [0, 0.05) is 3.57 Å². The third kappa shape index (κ3) is 6.55. The summed E-state index contributed by atoms with van der Waals surface area (Å²) in [6.07, 6.45) is 1.98. The van der Waals surface area contributed by atoms with Gasteiger partial charge >= 0.3 is 5.97 Å². The largest absolute Gasteiger partial charge is 0.489 e. The molecule has 6 heteroatoms. The summed E-state index contributed by atoms with van der Waals surface area (Å²) in [7, 11) is 1.32. The zero-order valence-electron chi connectivity index (χ0n) is 17.2. The summed E-state index contributed by atoms with van der Waals surface area (Å²) >= 11 is 2.26. The van der Waals surface area contributed by atoms with Crippen LogP contribution in [-0.2, 0) is 9.53 Å². The van der Waals surface area contributed by atoms with Gasteiger partial charge < -0.3 is 14.2 Å². The van der Waals surface area contributed by atoms with E-state index in [1.54, 1.807) is 24.3 Å². The van der Waals surface area contributed by atoms with Crippen molar-refractivity contribution in [3.05, 3.63) is 98.9 Å². The Hall–Kier alpha value is -2.87. The first-order chi connectivity index (χ1) is 15.0. The van der Waals surface area contributed by atoms with E-state index < -0.39 is 5.97 Å². The van der Waals surface area contributed by atoms with Crippen LogP contribution in [0.1, 0.15) is 16.7 Å². The van der Waals surface area contributed by atoms with Crippen LogP contribution in [0.3, 0.4) is 0 Å². The smallest absolute Gasteiger partial charge is 0.343 e. The van der Waals surface area contributed by atoms with E-state index in [1.807, 2.05) is 43.3 Å². The van der Waals surface area contributed by atoms with E-state index in [4.69, 9.17) is 9.47 Å². The minimum Gasteiger partial charge on any atom is -0.489 e. The second kappa shape index (κ2) is 10.9. The van der Waals surface area contributed by atoms with E-state index in [0.29, 0.717) is 18.1 Å². The maximum absolute atomic E-state index is 13.4. The number of carbonyl (C=O) groups is 1. The van der Waals surface area contributed by atoms with Crippen molar-refractivity contribution in [1.82, 2.24) is 0 Å². The second-order valence-corrected chi connectivity index (χ2v) is 7.98. The van der Waals surface area contributed by atoms with E-state index in [-0.39, 0.29) is 12.4 Å². The van der Waals surface area contributed by atoms with Crippen LogP contribution in [0.25, 0.3) is 5.57 Å². The van der Waals surface area contributed by atoms with E-state index in [2.05, 4.69) is 27.3 Å². The van der Waals surface area contributed by atoms with Gasteiger partial charge in [0.15, 0.2) is 6.61 Å². The summed E-state index contributed by atoms with van der Waals surface area (Å²) in [6.45, 7) is 2.07. The Bertz CT molecular complexity index is 1010. The average Bonchev–Trinajstić information content (AvgIpc) is 2.77. The Labute approximate surface area is 194 Å². The highest BCUT2D eigenvalue weighted by Gasteiger charge is 2.08. The van der Waals surface area contributed by atoms with E-state index in [9.17, 15) is 9.18 Å². The Balaban J connectivity index is 1.75. The number of hydrogen-bond donors (Lipinski definition) is 0. The lowest BCUT2D eigenvalue weighted by Crippen LogP contribution is -2.13. The molecule has 0 N–H and O–H groups in total. The van der Waals surface area contributed by atoms with Gasteiger partial charge in [-0.3, -0.25) is 0 Å². The van der Waals surface area contributed by atoms with Gasteiger partial charge in [0.05, 0.1) is 7.11 Å². The number of aryl methyl sites for hydroxylation is 1. The molecular formula is C25H22FIO4. The van der Waals surface area contributed by atoms with Gasteiger partial charge in [-0.15, -0.1) is 0 Å². The van der Waals surface area contributed by atoms with Crippen molar-refractivity contribution in [2.24, 2.45) is 0 Å². The number of esters is 1. The third-order valence-corrected chi connectivity index (χ3v) is 5.29. The van der Waals surface area contributed by atoms with Crippen LogP contribution in [0.2, 0.25) is 0 Å². The highest BCUT2D eigenvalue weighted by Crippen LogP contribution is 2.26. The summed E-state index contributed by atoms with van der Waals surface area (Å²) in [5.41, 5.74) is 3.75. The molecule has 0 aliphatic heterocycles. The van der Waals surface area contributed by atoms with E-state index in [0.717, 1.165) is 25.8 Å². The third-order valence-electron chi connectivity index (χ3n) is 4.57. The molecule has 0 aliphatic carbocycles. The lowest BCUT2D eigenvalue weighted by molar-refractivity contribution is -0.142. The van der Waals surface area contributed by atoms with E-state index in [1.165, 1.54) is 19.2 Å². The molecule has 4 nitrogen and oxygen atoms in total. The maximum Gasteiger partial charge on any atom is 0.343 e. The van der Waals surface area contributed by atoms with Gasteiger partial charge in [-0.05, 0) is 100 Å². The van der Waals surface area contributed by atoms with Crippen molar-refractivity contribution in [1.29, 1.82) is 0 Å². The molecule has 0 spiro atoms. The topological polar surface area (TPSA) is 44.8 Å². The normalized spacial score (nSPS) is 11.2. The molecule has 3 aromatic carbocycles. The molecule has 0 saturated carbocycles. The first-order valence-electron chi connectivity index (χ1n) is 9.61. The monoisotopic (exact) mass is 532 g/mol. The van der Waals surface area contributed by atoms with Gasteiger partial charge in [-0.2, -0.15) is 0 Å². The summed E-state index contributed by atoms with van der Waals surface area (Å²) in [4.78, 5) is 11.2. The van der Waals surface area contributed by atoms with Crippen LogP contribution in [0.15, 0.2) is 72.8 Å². The molecule has 0 radical (unpaired) electrons. The Morgan fingerprint density at radius 2 is 1.61 bits per heavy atom. The van der Waals surface area contributed by atoms with Crippen LogP contribution in [0, 0.1) is 16.3 Å². The number of methoxy groups -OCH3 is 1. The molecule has 3 rings (SSSR count). The molecule has 0 unspecified atom stereocenters. The fraction of sp³-hybridized carbons (Fsp3) is 0.160. The van der Waals surface area contributed by atoms with Gasteiger partial charge in [0.25, 0.3) is 0 Å². The minimum absolute atomic E-state index is 0.142. The van der Waals surface area contributed by atoms with Gasteiger partial charge in [-0.1, -0.05) is 24.3 Å². The molecule has 31 heavy (non-hydrogen) atoms. The second-order valence-electron chi connectivity index (χ2n) is 6.73. The molecule has 0 atom stereocenters. The molecule has 0 aliphatic rings. The van der Waals surface area contributed by atoms with Crippen LogP contribution in [-0.4, -0.2) is 26.3 Å². The van der Waals surface area contributed by atoms with Crippen molar-refractivity contribution in [2.75, 3.05) is 20.3 Å². The number of hydrogen-bond acceptors (Lipinski definition) is 4. The number of benzene rings is 3. The SMILES string of the molecule is COC(=O)COc1ccc(OC/C=C(/c2ccc(F)cc2)c2ccc(I)cc2)cc1C. The molecule has 0 aromatic heterocycles. The van der Waals surface area contributed by atoms with Crippen LogP contribution >= 0.6 is 22.6 Å². The summed E-state index contributed by atoms with van der Waals surface area (Å²) in [6, 6.07) is 20.0. The molecule has 0 fully saturated rings. The fourth-order valence-corrected chi connectivity index (χ4v) is 3.31. The van der Waals surface area contributed by atoms with E-state index >= 15 is 0 Å². The van der Waals surface area contributed by atoms with Crippen LogP contribution in [0.5, 0.6) is 11.5 Å². The predicted molar refractivity (Wildman–Crippen MR) is 127 cm³/mol. The number of carbonyl (C=O) groups excluding carboxylic acids is 1. The standard InChI is InChI=1S/C25H22FIO4/c1-17-15-22(11-12-24(17)31-16-25(28)29-2)30-14-13-23(18-3-7-20(26)8-4-18)19-5-9-21(27)10-6-19/h3-13,15H,14,16H2,1-2H3/b23-13-. The summed E-state index contributed by atoms with van der Waals surface area (Å²) in [5, 5.41) is 0. The Morgan fingerprint density at radius 3 is 2.23 bits per heavy atom. The molecular weight excluding hydrogens is 510 g/mol. The Kier molecular flexibility index (Phi) is 8.06. The number of ether oxygens (including phenoxy) is 3. The molecule has 3 aromatic rings. The van der Waals surface area contributed by atoms with Crippen molar-refractivity contribution < 1.29 is 23.4 Å². The van der Waals surface area contributed by atoms with Gasteiger partial charge in [0.1, 0.15) is 23.9 Å². The van der Waals surface area contributed by atoms with Gasteiger partial charge in [0.2, 0.25) is 0 Å². The van der Waals surface area contributed by atoms with Crippen molar-refractivity contribution in [3.63, 3.8) is 0 Å². The lowest BCUT2D eigenvalue weighted by atomic mass is 9.98. The minimum atomic E-state index is -0.436. The highest BCUT2D eigenvalue weighted by molar-refractivity contribution is 14.1. The molecule has 0 heterocycles. The van der Waals surface area contributed by atoms with Gasteiger partial charge in [-0.25, -0.2) is 9.18 Å². The fourth-order valence-electron chi connectivity index (χ4n) is 2.95. The highest BCUT2D eigenvalue weighted by atomic mass is 127. The molecule has 0 amide bonds. The number of rotatable bonds is 8. The maximum atomic E-state index is 13.4. The van der Waals surface area contributed by atoms with Crippen molar-refractivity contribution in [2.45, 2.75) is 6.92 Å². The number of halogens is 2. The molecule has 160 valence electrons. The van der Waals surface area contributed by atoms with Crippen LogP contribution in [0.4, 0.5) is 4.39 Å². The molecule has 0 bridgehead atoms. The van der Waals surface area contributed by atoms with Crippen molar-refractivity contribution >= 4 is 34.1 Å². The zero-order chi connectivity index (χ0) is 22.2. The predicted octanol–water partition coefficient (Wildman–Crippen LogP) is 5.80. The first-order valence-corrected chi connectivity index (χ1v) is 10.7. The zero-order valence-corrected chi connectivity index (χ0v) is 19.4. The Morgan fingerprint density at radius 1 is 0.968 bits per heavy atom. The van der Waals surface area contributed by atoms with Crippen molar-refractivity contribution in [3.8, 4) is 11.5 Å². The lowest BCUT2D eigenvalue weighted by Gasteiger charge is -2.12. The summed E-state index contributed by atoms with van der Waals surface area (Å²) in [5.74, 6) is 0.570. The average molecular weight is 532 g/mol. The summed E-state index contributed by atoms with van der Waals surface area (Å²) < 4.78 is 30.5. The quantitative estimate of drug-likeness (QED) is 0.272. The first kappa shape index (κ1) is 22.8. The van der Waals surface area contributed by atoms with Crippen LogP contribution < -0.4 is 9.47 Å². The molecule has 0 saturated heterocycles.